The number of nitrogens with zero attached hydrogens (tertiary/aromatic N) is 1. The van der Waals surface area contributed by atoms with Gasteiger partial charge in [-0.2, -0.15) is 0 Å². The number of benzene rings is 1. The fraction of sp³-hybridized carbons (Fsp3) is 0.400. The highest BCUT2D eigenvalue weighted by atomic mass is 32.2. The van der Waals surface area contributed by atoms with E-state index in [1.807, 2.05) is 11.8 Å². The summed E-state index contributed by atoms with van der Waals surface area (Å²) in [6.45, 7) is 3.35. The van der Waals surface area contributed by atoms with E-state index in [-0.39, 0.29) is 0 Å². The third kappa shape index (κ3) is 1.20. The standard InChI is InChI=1S/C10H13NS/c1-8-4-3-5-9-10(8)11(2)6-7-12-9/h3-5H,6-7H2,1-2H3. The molecule has 1 aromatic rings. The number of hydrogen-bond donors (Lipinski definition) is 0. The second-order valence-electron chi connectivity index (χ2n) is 3.19. The second-order valence-corrected chi connectivity index (χ2v) is 4.33. The summed E-state index contributed by atoms with van der Waals surface area (Å²) in [6.07, 6.45) is 0. The van der Waals surface area contributed by atoms with Crippen molar-refractivity contribution in [2.24, 2.45) is 0 Å². The third-order valence-corrected chi connectivity index (χ3v) is 3.29. The lowest BCUT2D eigenvalue weighted by atomic mass is 10.2. The fourth-order valence-electron chi connectivity index (χ4n) is 1.64. The largest absolute Gasteiger partial charge is 0.373 e. The molecule has 0 amide bonds. The van der Waals surface area contributed by atoms with Gasteiger partial charge in [0.15, 0.2) is 0 Å². The Balaban J connectivity index is 2.53. The Bertz CT molecular complexity index is 296. The summed E-state index contributed by atoms with van der Waals surface area (Å²) in [5.74, 6) is 1.22. The van der Waals surface area contributed by atoms with E-state index in [9.17, 15) is 0 Å². The number of hydrogen-bond acceptors (Lipinski definition) is 2. The molecule has 1 aliphatic rings. The van der Waals surface area contributed by atoms with Crippen molar-refractivity contribution in [3.05, 3.63) is 23.8 Å². The smallest absolute Gasteiger partial charge is 0.0531 e. The number of thioether (sulfide) groups is 1. The highest BCUT2D eigenvalue weighted by molar-refractivity contribution is 7.99. The molecule has 0 spiro atoms. The first-order valence-electron chi connectivity index (χ1n) is 4.22. The zero-order chi connectivity index (χ0) is 8.55. The first-order valence-corrected chi connectivity index (χ1v) is 5.21. The van der Waals surface area contributed by atoms with Gasteiger partial charge in [0.2, 0.25) is 0 Å². The summed E-state index contributed by atoms with van der Waals surface area (Å²) in [5.41, 5.74) is 2.82. The minimum absolute atomic E-state index is 1.17. The van der Waals surface area contributed by atoms with Crippen molar-refractivity contribution in [1.82, 2.24) is 0 Å². The van der Waals surface area contributed by atoms with Crippen molar-refractivity contribution in [3.63, 3.8) is 0 Å². The molecular weight excluding hydrogens is 166 g/mol. The molecule has 0 aliphatic carbocycles. The van der Waals surface area contributed by atoms with Crippen molar-refractivity contribution in [2.45, 2.75) is 11.8 Å². The van der Waals surface area contributed by atoms with Crippen LogP contribution in [0.4, 0.5) is 5.69 Å². The van der Waals surface area contributed by atoms with Crippen molar-refractivity contribution < 1.29 is 0 Å². The quantitative estimate of drug-likeness (QED) is 0.602. The summed E-state index contributed by atoms with van der Waals surface area (Å²) in [6, 6.07) is 6.53. The van der Waals surface area contributed by atoms with Crippen LogP contribution in [0.25, 0.3) is 0 Å². The zero-order valence-electron chi connectivity index (χ0n) is 7.50. The van der Waals surface area contributed by atoms with E-state index >= 15 is 0 Å². The molecule has 12 heavy (non-hydrogen) atoms. The van der Waals surface area contributed by atoms with Gasteiger partial charge >= 0.3 is 0 Å². The first kappa shape index (κ1) is 7.99. The molecule has 0 bridgehead atoms. The Kier molecular flexibility index (Phi) is 2.01. The summed E-state index contributed by atoms with van der Waals surface area (Å²) in [7, 11) is 2.17. The molecule has 0 unspecified atom stereocenters. The topological polar surface area (TPSA) is 3.24 Å². The van der Waals surface area contributed by atoms with Crippen LogP contribution in [0.15, 0.2) is 23.1 Å². The Hall–Kier alpha value is -0.630. The number of fused-ring (bicyclic) bond motifs is 1. The van der Waals surface area contributed by atoms with Crippen LogP contribution >= 0.6 is 11.8 Å². The molecule has 0 fully saturated rings. The van der Waals surface area contributed by atoms with Gasteiger partial charge in [-0.1, -0.05) is 12.1 Å². The van der Waals surface area contributed by atoms with Gasteiger partial charge in [0.05, 0.1) is 5.69 Å². The van der Waals surface area contributed by atoms with Gasteiger partial charge in [-0.25, -0.2) is 0 Å². The molecule has 2 heteroatoms. The van der Waals surface area contributed by atoms with E-state index in [4.69, 9.17) is 0 Å². The highest BCUT2D eigenvalue weighted by Gasteiger charge is 2.14. The van der Waals surface area contributed by atoms with Crippen LogP contribution < -0.4 is 4.90 Å². The number of para-hydroxylation sites is 1. The zero-order valence-corrected chi connectivity index (χ0v) is 8.32. The van der Waals surface area contributed by atoms with Crippen molar-refractivity contribution in [3.8, 4) is 0 Å². The highest BCUT2D eigenvalue weighted by Crippen LogP contribution is 2.35. The van der Waals surface area contributed by atoms with E-state index in [1.165, 1.54) is 28.4 Å². The monoisotopic (exact) mass is 179 g/mol. The van der Waals surface area contributed by atoms with E-state index in [0.29, 0.717) is 0 Å². The maximum Gasteiger partial charge on any atom is 0.0531 e. The van der Waals surface area contributed by atoms with Crippen molar-refractivity contribution >= 4 is 17.4 Å². The number of anilines is 1. The summed E-state index contributed by atoms with van der Waals surface area (Å²) >= 11 is 1.96. The van der Waals surface area contributed by atoms with Crippen LogP contribution in [0, 0.1) is 6.92 Å². The summed E-state index contributed by atoms with van der Waals surface area (Å²) in [4.78, 5) is 3.78. The Morgan fingerprint density at radius 1 is 1.42 bits per heavy atom. The predicted molar refractivity (Wildman–Crippen MR) is 55.2 cm³/mol. The molecule has 0 radical (unpaired) electrons. The third-order valence-electron chi connectivity index (χ3n) is 2.27. The Labute approximate surface area is 77.8 Å². The lowest BCUT2D eigenvalue weighted by Gasteiger charge is -2.28. The molecule has 0 N–H and O–H groups in total. The van der Waals surface area contributed by atoms with Crippen LogP contribution in [0.5, 0.6) is 0 Å². The fourth-order valence-corrected chi connectivity index (χ4v) is 2.86. The lowest BCUT2D eigenvalue weighted by Crippen LogP contribution is -2.24. The molecule has 0 aromatic heterocycles. The molecule has 1 heterocycles. The molecular formula is C10H13NS. The number of aryl methyl sites for hydroxylation is 1. The summed E-state index contributed by atoms with van der Waals surface area (Å²) in [5, 5.41) is 0. The maximum atomic E-state index is 2.35. The van der Waals surface area contributed by atoms with Gasteiger partial charge in [-0.05, 0) is 18.6 Å². The normalized spacial score (nSPS) is 16.0. The number of rotatable bonds is 0. The minimum Gasteiger partial charge on any atom is -0.373 e. The van der Waals surface area contributed by atoms with Crippen LogP contribution in [0.2, 0.25) is 0 Å². The molecule has 1 aliphatic heterocycles. The first-order chi connectivity index (χ1) is 5.79. The Morgan fingerprint density at radius 2 is 2.25 bits per heavy atom. The minimum atomic E-state index is 1.17. The van der Waals surface area contributed by atoms with Crippen molar-refractivity contribution in [1.29, 1.82) is 0 Å². The van der Waals surface area contributed by atoms with Crippen LogP contribution in [0.3, 0.4) is 0 Å². The Morgan fingerprint density at radius 3 is 3.00 bits per heavy atom. The molecule has 2 rings (SSSR count). The van der Waals surface area contributed by atoms with E-state index in [0.717, 1.165) is 0 Å². The predicted octanol–water partition coefficient (Wildman–Crippen LogP) is 2.54. The lowest BCUT2D eigenvalue weighted by molar-refractivity contribution is 0.935. The molecule has 1 aromatic carbocycles. The molecule has 0 atom stereocenters. The average Bonchev–Trinajstić information content (AvgIpc) is 2.04. The van der Waals surface area contributed by atoms with Gasteiger partial charge in [-0.15, -0.1) is 11.8 Å². The van der Waals surface area contributed by atoms with Gasteiger partial charge in [-0.3, -0.25) is 0 Å². The van der Waals surface area contributed by atoms with E-state index < -0.39 is 0 Å². The molecule has 0 saturated heterocycles. The molecule has 0 saturated carbocycles. The van der Waals surface area contributed by atoms with E-state index in [2.05, 4.69) is 37.1 Å². The van der Waals surface area contributed by atoms with Crippen LogP contribution in [0.1, 0.15) is 5.56 Å². The molecule has 64 valence electrons. The summed E-state index contributed by atoms with van der Waals surface area (Å²) < 4.78 is 0. The SMILES string of the molecule is Cc1cccc2c1N(C)CCS2. The average molecular weight is 179 g/mol. The van der Waals surface area contributed by atoms with E-state index in [1.54, 1.807) is 0 Å². The van der Waals surface area contributed by atoms with Gasteiger partial charge < -0.3 is 4.90 Å². The van der Waals surface area contributed by atoms with Crippen molar-refractivity contribution in [2.75, 3.05) is 24.2 Å². The maximum absolute atomic E-state index is 2.35. The van der Waals surface area contributed by atoms with Gasteiger partial charge in [0.25, 0.3) is 0 Å². The second kappa shape index (κ2) is 3.02. The van der Waals surface area contributed by atoms with Gasteiger partial charge in [0.1, 0.15) is 0 Å². The van der Waals surface area contributed by atoms with Crippen LogP contribution in [-0.2, 0) is 0 Å². The van der Waals surface area contributed by atoms with Gasteiger partial charge in [0, 0.05) is 24.2 Å². The molecule has 1 nitrogen and oxygen atoms in total. The van der Waals surface area contributed by atoms with Crippen LogP contribution in [-0.4, -0.2) is 19.3 Å².